The van der Waals surface area contributed by atoms with Crippen LogP contribution in [0.4, 0.5) is 9.52 Å². The number of benzene rings is 1. The van der Waals surface area contributed by atoms with E-state index in [9.17, 15) is 9.18 Å². The maximum absolute atomic E-state index is 13.6. The second-order valence-electron chi connectivity index (χ2n) is 7.51. The second kappa shape index (κ2) is 7.59. The largest absolute Gasteiger partial charge is 0.381 e. The van der Waals surface area contributed by atoms with Crippen LogP contribution in [0.2, 0.25) is 5.02 Å². The minimum absolute atomic E-state index is 0.116. The molecule has 4 heterocycles. The van der Waals surface area contributed by atoms with E-state index in [4.69, 9.17) is 21.3 Å². The van der Waals surface area contributed by atoms with Crippen molar-refractivity contribution >= 4 is 44.9 Å². The summed E-state index contributed by atoms with van der Waals surface area (Å²) >= 11 is 7.71. The first kappa shape index (κ1) is 18.8. The smallest absolute Gasteiger partial charge is 0.270 e. The lowest BCUT2D eigenvalue weighted by Gasteiger charge is -2.25. The number of fused-ring (bicyclic) bond motifs is 2. The zero-order valence-corrected chi connectivity index (χ0v) is 17.2. The van der Waals surface area contributed by atoms with Crippen LogP contribution in [-0.4, -0.2) is 47.1 Å². The van der Waals surface area contributed by atoms with Crippen molar-refractivity contribution in [3.8, 4) is 0 Å². The number of hydrogen-bond acceptors (Lipinski definition) is 5. The van der Waals surface area contributed by atoms with E-state index in [0.29, 0.717) is 40.6 Å². The molecule has 29 heavy (non-hydrogen) atoms. The number of amides is 1. The number of halogens is 2. The highest BCUT2D eigenvalue weighted by Gasteiger charge is 2.26. The predicted molar refractivity (Wildman–Crippen MR) is 111 cm³/mol. The molecule has 9 heteroatoms. The molecule has 6 nitrogen and oxygen atoms in total. The number of ether oxygens (including phenoxy) is 1. The molecule has 2 aliphatic heterocycles. The Kier molecular flexibility index (Phi) is 4.93. The highest BCUT2D eigenvalue weighted by atomic mass is 35.5. The van der Waals surface area contributed by atoms with Gasteiger partial charge in [-0.25, -0.2) is 9.37 Å². The van der Waals surface area contributed by atoms with Gasteiger partial charge in [0.05, 0.1) is 29.4 Å². The Bertz CT molecular complexity index is 1080. The summed E-state index contributed by atoms with van der Waals surface area (Å²) in [7, 11) is 0. The molecule has 1 unspecified atom stereocenters. The molecule has 2 aromatic heterocycles. The number of H-pyrrole nitrogens is 1. The number of carbonyl (C=O) groups excluding carboxylic acids is 1. The quantitative estimate of drug-likeness (QED) is 0.649. The standard InChI is InChI=1S/C20H20ClFN4O2S/c21-14-5-12(22)6-16-13(14)7-17(24-16)19(27)26-3-1-15-18(9-26)29-20(25-15)23-8-11-2-4-28-10-11/h5-7,11,24H,1-4,8-10H2,(H,23,25). The van der Waals surface area contributed by atoms with Crippen LogP contribution >= 0.6 is 22.9 Å². The zero-order valence-electron chi connectivity index (χ0n) is 15.6. The van der Waals surface area contributed by atoms with Gasteiger partial charge in [0.15, 0.2) is 5.13 Å². The van der Waals surface area contributed by atoms with Crippen LogP contribution in [0.3, 0.4) is 0 Å². The molecule has 1 fully saturated rings. The van der Waals surface area contributed by atoms with Crippen molar-refractivity contribution in [2.24, 2.45) is 5.92 Å². The maximum Gasteiger partial charge on any atom is 0.270 e. The Labute approximate surface area is 176 Å². The molecule has 152 valence electrons. The Balaban J connectivity index is 1.30. The van der Waals surface area contributed by atoms with E-state index >= 15 is 0 Å². The average Bonchev–Trinajstić information content (AvgIpc) is 3.43. The van der Waals surface area contributed by atoms with E-state index in [2.05, 4.69) is 10.3 Å². The number of aromatic nitrogens is 2. The number of nitrogens with zero attached hydrogens (tertiary/aromatic N) is 2. The Morgan fingerprint density at radius 3 is 3.17 bits per heavy atom. The predicted octanol–water partition coefficient (Wildman–Crippen LogP) is 4.06. The van der Waals surface area contributed by atoms with E-state index in [1.54, 1.807) is 22.3 Å². The SMILES string of the molecule is O=C(c1cc2c(Cl)cc(F)cc2[nH]1)N1CCc2nc(NCC3CCOC3)sc2C1. The molecule has 5 rings (SSSR count). The summed E-state index contributed by atoms with van der Waals surface area (Å²) in [5, 5.41) is 5.26. The van der Waals surface area contributed by atoms with Gasteiger partial charge in [-0.3, -0.25) is 4.79 Å². The Morgan fingerprint density at radius 2 is 2.34 bits per heavy atom. The number of hydrogen-bond donors (Lipinski definition) is 2. The molecule has 0 saturated carbocycles. The van der Waals surface area contributed by atoms with Gasteiger partial charge in [0.1, 0.15) is 11.5 Å². The highest BCUT2D eigenvalue weighted by molar-refractivity contribution is 7.15. The third kappa shape index (κ3) is 3.72. The molecule has 2 N–H and O–H groups in total. The van der Waals surface area contributed by atoms with Crippen LogP contribution in [0.5, 0.6) is 0 Å². The van der Waals surface area contributed by atoms with Crippen LogP contribution in [-0.2, 0) is 17.7 Å². The van der Waals surface area contributed by atoms with E-state index in [-0.39, 0.29) is 5.91 Å². The molecule has 0 spiro atoms. The van der Waals surface area contributed by atoms with Crippen molar-refractivity contribution in [3.63, 3.8) is 0 Å². The van der Waals surface area contributed by atoms with Gasteiger partial charge in [0.25, 0.3) is 5.91 Å². The fourth-order valence-electron chi connectivity index (χ4n) is 3.87. The first-order valence-corrected chi connectivity index (χ1v) is 10.8. The van der Waals surface area contributed by atoms with Crippen LogP contribution < -0.4 is 5.32 Å². The summed E-state index contributed by atoms with van der Waals surface area (Å²) in [6.07, 6.45) is 1.81. The van der Waals surface area contributed by atoms with Crippen molar-refractivity contribution in [2.75, 3.05) is 31.6 Å². The summed E-state index contributed by atoms with van der Waals surface area (Å²) in [5.41, 5.74) is 2.00. The average molecular weight is 435 g/mol. The maximum atomic E-state index is 13.6. The Hall–Kier alpha value is -2.16. The van der Waals surface area contributed by atoms with Crippen molar-refractivity contribution in [1.29, 1.82) is 0 Å². The lowest BCUT2D eigenvalue weighted by Crippen LogP contribution is -2.35. The number of rotatable bonds is 4. The van der Waals surface area contributed by atoms with Crippen LogP contribution in [0.1, 0.15) is 27.5 Å². The molecule has 0 radical (unpaired) electrons. The lowest BCUT2D eigenvalue weighted by atomic mass is 10.1. The fraction of sp³-hybridized carbons (Fsp3) is 0.400. The van der Waals surface area contributed by atoms with Gasteiger partial charge in [-0.2, -0.15) is 0 Å². The van der Waals surface area contributed by atoms with Crippen LogP contribution in [0.15, 0.2) is 18.2 Å². The monoisotopic (exact) mass is 434 g/mol. The first-order valence-electron chi connectivity index (χ1n) is 9.64. The van der Waals surface area contributed by atoms with Gasteiger partial charge in [-0.15, -0.1) is 0 Å². The summed E-state index contributed by atoms with van der Waals surface area (Å²) in [5.74, 6) is -0.0122. The molecule has 0 aliphatic carbocycles. The van der Waals surface area contributed by atoms with E-state index in [1.807, 2.05) is 0 Å². The fourth-order valence-corrected chi connectivity index (χ4v) is 5.16. The molecular weight excluding hydrogens is 415 g/mol. The van der Waals surface area contributed by atoms with Crippen molar-refractivity contribution < 1.29 is 13.9 Å². The summed E-state index contributed by atoms with van der Waals surface area (Å²) < 4.78 is 19.0. The van der Waals surface area contributed by atoms with Crippen LogP contribution in [0, 0.1) is 11.7 Å². The zero-order chi connectivity index (χ0) is 20.0. The van der Waals surface area contributed by atoms with E-state index in [1.165, 1.54) is 12.1 Å². The van der Waals surface area contributed by atoms with Crippen molar-refractivity contribution in [2.45, 2.75) is 19.4 Å². The number of aromatic amines is 1. The number of nitrogens with one attached hydrogen (secondary N) is 2. The molecule has 1 saturated heterocycles. The molecule has 3 aromatic rings. The van der Waals surface area contributed by atoms with E-state index in [0.717, 1.165) is 48.3 Å². The summed E-state index contributed by atoms with van der Waals surface area (Å²) in [4.78, 5) is 23.6. The Morgan fingerprint density at radius 1 is 1.45 bits per heavy atom. The number of thiazole rings is 1. The summed E-state index contributed by atoms with van der Waals surface area (Å²) in [6, 6.07) is 4.30. The molecule has 1 aromatic carbocycles. The van der Waals surface area contributed by atoms with Gasteiger partial charge in [-0.1, -0.05) is 22.9 Å². The minimum atomic E-state index is -0.431. The lowest BCUT2D eigenvalue weighted by molar-refractivity contribution is 0.0731. The molecule has 1 amide bonds. The first-order chi connectivity index (χ1) is 14.1. The normalized spacial score (nSPS) is 19.0. The van der Waals surface area contributed by atoms with Gasteiger partial charge < -0.3 is 19.9 Å². The molecule has 1 atom stereocenters. The molecule has 2 aliphatic rings. The number of anilines is 1. The minimum Gasteiger partial charge on any atom is -0.381 e. The number of carbonyl (C=O) groups is 1. The van der Waals surface area contributed by atoms with Crippen molar-refractivity contribution in [3.05, 3.63) is 45.3 Å². The van der Waals surface area contributed by atoms with Crippen LogP contribution in [0.25, 0.3) is 10.9 Å². The van der Waals surface area contributed by atoms with Gasteiger partial charge in [0, 0.05) is 42.3 Å². The molecule has 0 bridgehead atoms. The third-order valence-corrected chi connectivity index (χ3v) is 6.82. The van der Waals surface area contributed by atoms with Gasteiger partial charge >= 0.3 is 0 Å². The van der Waals surface area contributed by atoms with Crippen molar-refractivity contribution in [1.82, 2.24) is 14.9 Å². The van der Waals surface area contributed by atoms with Gasteiger partial charge in [-0.05, 0) is 24.6 Å². The van der Waals surface area contributed by atoms with Gasteiger partial charge in [0.2, 0.25) is 0 Å². The highest BCUT2D eigenvalue weighted by Crippen LogP contribution is 2.31. The van der Waals surface area contributed by atoms with E-state index < -0.39 is 5.82 Å². The second-order valence-corrected chi connectivity index (χ2v) is 9.00. The summed E-state index contributed by atoms with van der Waals surface area (Å²) in [6.45, 7) is 3.63. The topological polar surface area (TPSA) is 70.2 Å². The molecular formula is C20H20ClFN4O2S. The third-order valence-electron chi connectivity index (χ3n) is 5.47.